The Kier molecular flexibility index (Phi) is 7.48. The van der Waals surface area contributed by atoms with Crippen LogP contribution in [0.25, 0.3) is 46.0 Å². The van der Waals surface area contributed by atoms with Crippen LogP contribution in [0.3, 0.4) is 0 Å². The van der Waals surface area contributed by atoms with Gasteiger partial charge in [-0.1, -0.05) is 72.8 Å². The van der Waals surface area contributed by atoms with Crippen molar-refractivity contribution >= 4 is 32.4 Å². The Bertz CT molecular complexity index is 2210. The van der Waals surface area contributed by atoms with Gasteiger partial charge in [0.05, 0.1) is 28.7 Å². The average Bonchev–Trinajstić information content (AvgIpc) is 3.71. The molecule has 6 rings (SSSR count). The molecule has 44 heavy (non-hydrogen) atoms. The minimum atomic E-state index is -4.57. The van der Waals surface area contributed by atoms with Crippen LogP contribution in [0.15, 0.2) is 119 Å². The van der Waals surface area contributed by atoms with Crippen LogP contribution < -0.4 is 0 Å². The molecule has 0 radical (unpaired) electrons. The molecule has 0 spiro atoms. The van der Waals surface area contributed by atoms with Gasteiger partial charge in [0, 0.05) is 11.1 Å². The highest BCUT2D eigenvalue weighted by Gasteiger charge is 2.17. The van der Waals surface area contributed by atoms with E-state index in [1.54, 1.807) is 54.7 Å². The van der Waals surface area contributed by atoms with Crippen molar-refractivity contribution in [2.24, 2.45) is 0 Å². The summed E-state index contributed by atoms with van der Waals surface area (Å²) in [7, 11) is -8.86. The van der Waals surface area contributed by atoms with E-state index in [0.29, 0.717) is 28.3 Å². The van der Waals surface area contributed by atoms with Gasteiger partial charge in [-0.05, 0) is 47.5 Å². The van der Waals surface area contributed by atoms with Crippen LogP contribution in [-0.4, -0.2) is 55.9 Å². The monoisotopic (exact) mass is 626 g/mol. The summed E-state index contributed by atoms with van der Waals surface area (Å²) in [6.45, 7) is 0. The predicted octanol–water partition coefficient (Wildman–Crippen LogP) is 4.85. The van der Waals surface area contributed by atoms with Crippen molar-refractivity contribution in [3.8, 4) is 33.9 Å². The van der Waals surface area contributed by atoms with E-state index in [9.17, 15) is 21.4 Å². The standard InChI is InChI=1S/C30H22N6O6S2/c37-43(38,39)27-16-11-23(12-17-27)29-20-31-35(33-29)25-13-7-21(8-14-25)6-9-24-10-15-26(18-30(24)44(40,41)42)36-32-19-28(34-36)22-4-2-1-3-5-22/h1-20H,(H,37,38,39)(H,40,41,42)/b9-6+. The molecule has 0 saturated heterocycles. The van der Waals surface area contributed by atoms with Gasteiger partial charge in [-0.3, -0.25) is 9.11 Å². The van der Waals surface area contributed by atoms with E-state index in [1.807, 2.05) is 30.3 Å². The topological polar surface area (TPSA) is 170 Å². The van der Waals surface area contributed by atoms with E-state index in [2.05, 4.69) is 20.4 Å². The zero-order valence-electron chi connectivity index (χ0n) is 22.6. The molecule has 2 heterocycles. The van der Waals surface area contributed by atoms with Crippen molar-refractivity contribution in [1.82, 2.24) is 30.0 Å². The van der Waals surface area contributed by atoms with E-state index >= 15 is 0 Å². The van der Waals surface area contributed by atoms with Crippen LogP contribution in [0.2, 0.25) is 0 Å². The zero-order chi connectivity index (χ0) is 30.9. The number of hydrogen-bond donors (Lipinski definition) is 2. The molecule has 6 aromatic rings. The van der Waals surface area contributed by atoms with E-state index in [0.717, 1.165) is 11.1 Å². The Balaban J connectivity index is 1.21. The SMILES string of the molecule is O=S(=O)(O)c1ccc(-c2cnn(-c3ccc(/C=C/c4ccc(-n5ncc(-c6ccccc6)n5)cc4S(=O)(=O)O)cc3)n2)cc1. The molecule has 220 valence electrons. The Labute approximate surface area is 252 Å². The smallest absolute Gasteiger partial charge is 0.282 e. The summed E-state index contributed by atoms with van der Waals surface area (Å²) in [6.07, 6.45) is 6.38. The quantitative estimate of drug-likeness (QED) is 0.176. The molecule has 14 heteroatoms. The molecule has 4 aromatic carbocycles. The molecule has 0 aliphatic carbocycles. The molecule has 12 nitrogen and oxygen atoms in total. The first-order valence-corrected chi connectivity index (χ1v) is 15.8. The first-order chi connectivity index (χ1) is 21.0. The van der Waals surface area contributed by atoms with Gasteiger partial charge in [-0.2, -0.15) is 36.6 Å². The third kappa shape index (κ3) is 6.23. The van der Waals surface area contributed by atoms with Crippen molar-refractivity contribution in [3.63, 3.8) is 0 Å². The van der Waals surface area contributed by atoms with Crippen LogP contribution in [0.1, 0.15) is 11.1 Å². The van der Waals surface area contributed by atoms with Crippen LogP contribution in [-0.2, 0) is 20.2 Å². The van der Waals surface area contributed by atoms with Crippen molar-refractivity contribution in [2.45, 2.75) is 9.79 Å². The number of aromatic nitrogens is 6. The molecule has 0 atom stereocenters. The average molecular weight is 627 g/mol. The Morgan fingerprint density at radius 1 is 0.591 bits per heavy atom. The molecule has 0 bridgehead atoms. The number of hydrogen-bond acceptors (Lipinski definition) is 8. The molecule has 2 N–H and O–H groups in total. The van der Waals surface area contributed by atoms with E-state index in [-0.39, 0.29) is 15.4 Å². The molecule has 2 aromatic heterocycles. The normalized spacial score (nSPS) is 12.1. The van der Waals surface area contributed by atoms with Gasteiger partial charge in [0.1, 0.15) is 16.3 Å². The second-order valence-electron chi connectivity index (χ2n) is 9.53. The fourth-order valence-electron chi connectivity index (χ4n) is 4.36. The maximum atomic E-state index is 12.3. The van der Waals surface area contributed by atoms with Gasteiger partial charge in [0.25, 0.3) is 20.2 Å². The minimum Gasteiger partial charge on any atom is -0.282 e. The number of benzene rings is 4. The number of rotatable bonds is 8. The van der Waals surface area contributed by atoms with E-state index in [4.69, 9.17) is 4.55 Å². The largest absolute Gasteiger partial charge is 0.295 e. The van der Waals surface area contributed by atoms with Gasteiger partial charge in [-0.15, -0.1) is 10.2 Å². The molecule has 0 saturated carbocycles. The van der Waals surface area contributed by atoms with Crippen LogP contribution >= 0.6 is 0 Å². The highest BCUT2D eigenvalue weighted by atomic mass is 32.2. The third-order valence-electron chi connectivity index (χ3n) is 6.59. The summed E-state index contributed by atoms with van der Waals surface area (Å²) in [4.78, 5) is 2.19. The van der Waals surface area contributed by atoms with Crippen molar-refractivity contribution < 1.29 is 25.9 Å². The Hall–Kier alpha value is -5.28. The summed E-state index contributed by atoms with van der Waals surface area (Å²) >= 11 is 0. The Morgan fingerprint density at radius 3 is 1.75 bits per heavy atom. The maximum Gasteiger partial charge on any atom is 0.295 e. The lowest BCUT2D eigenvalue weighted by molar-refractivity contribution is 0.480. The number of nitrogens with zero attached hydrogens (tertiary/aromatic N) is 6. The zero-order valence-corrected chi connectivity index (χ0v) is 24.2. The maximum absolute atomic E-state index is 12.3. The fraction of sp³-hybridized carbons (Fsp3) is 0. The lowest BCUT2D eigenvalue weighted by Gasteiger charge is -2.07. The highest BCUT2D eigenvalue weighted by Crippen LogP contribution is 2.24. The van der Waals surface area contributed by atoms with Crippen LogP contribution in [0.5, 0.6) is 0 Å². The molecule has 0 aliphatic rings. The van der Waals surface area contributed by atoms with Crippen molar-refractivity contribution in [2.75, 3.05) is 0 Å². The van der Waals surface area contributed by atoms with E-state index in [1.165, 1.54) is 46.1 Å². The summed E-state index contributed by atoms with van der Waals surface area (Å²) in [5.41, 5.74) is 4.61. The van der Waals surface area contributed by atoms with Crippen molar-refractivity contribution in [1.29, 1.82) is 0 Å². The predicted molar refractivity (Wildman–Crippen MR) is 162 cm³/mol. The van der Waals surface area contributed by atoms with Crippen molar-refractivity contribution in [3.05, 3.63) is 121 Å². The van der Waals surface area contributed by atoms with Gasteiger partial charge >= 0.3 is 0 Å². The summed E-state index contributed by atoms with van der Waals surface area (Å²) < 4.78 is 66.2. The Morgan fingerprint density at radius 2 is 1.16 bits per heavy atom. The summed E-state index contributed by atoms with van der Waals surface area (Å²) in [6, 6.07) is 26.7. The first-order valence-electron chi connectivity index (χ1n) is 12.9. The molecule has 0 unspecified atom stereocenters. The fourth-order valence-corrected chi connectivity index (χ4v) is 5.54. The lowest BCUT2D eigenvalue weighted by Crippen LogP contribution is -2.05. The second kappa shape index (κ2) is 11.4. The molecule has 0 fully saturated rings. The van der Waals surface area contributed by atoms with Gasteiger partial charge in [0.15, 0.2) is 0 Å². The van der Waals surface area contributed by atoms with Gasteiger partial charge < -0.3 is 0 Å². The third-order valence-corrected chi connectivity index (χ3v) is 8.36. The van der Waals surface area contributed by atoms with Gasteiger partial charge in [-0.25, -0.2) is 0 Å². The second-order valence-corrected chi connectivity index (χ2v) is 12.3. The lowest BCUT2D eigenvalue weighted by atomic mass is 10.1. The highest BCUT2D eigenvalue weighted by molar-refractivity contribution is 7.86. The molecular formula is C30H22N6O6S2. The van der Waals surface area contributed by atoms with Crippen LogP contribution in [0.4, 0.5) is 0 Å². The minimum absolute atomic E-state index is 0.218. The summed E-state index contributed by atoms with van der Waals surface area (Å²) in [5, 5.41) is 17.4. The summed E-state index contributed by atoms with van der Waals surface area (Å²) in [5.74, 6) is 0. The van der Waals surface area contributed by atoms with Crippen LogP contribution in [0, 0.1) is 0 Å². The van der Waals surface area contributed by atoms with Gasteiger partial charge in [0.2, 0.25) is 0 Å². The molecule has 0 aliphatic heterocycles. The molecular weight excluding hydrogens is 605 g/mol. The van der Waals surface area contributed by atoms with E-state index < -0.39 is 20.2 Å². The first kappa shape index (κ1) is 28.8. The molecule has 0 amide bonds.